The Morgan fingerprint density at radius 3 is 1.60 bits per heavy atom. The predicted octanol–water partition coefficient (Wildman–Crippen LogP) is 14.8. The molecule has 0 amide bonds. The molecule has 0 aliphatic heterocycles. The first-order chi connectivity index (χ1) is 29.7. The first kappa shape index (κ1) is 34.3. The number of fused-ring (bicyclic) bond motifs is 8. The second-order valence-electron chi connectivity index (χ2n) is 15.2. The summed E-state index contributed by atoms with van der Waals surface area (Å²) in [5.74, 6) is 0.675. The van der Waals surface area contributed by atoms with Gasteiger partial charge in [-0.25, -0.2) is 15.0 Å². The fraction of sp³-hybridized carbons (Fsp3) is 0. The SMILES string of the molecule is c1ccc(-c2cc(-c3ccc(-n4c5ccccc5c5ccccc54)cc3)nc(-c3ccc(-c4nc5c(-c6ccccc6)cccc5c5c4sc4ccccc45)cc3)n2)cc1. The van der Waals surface area contributed by atoms with Gasteiger partial charge in [-0.2, -0.15) is 0 Å². The second kappa shape index (κ2) is 14.0. The molecule has 0 atom stereocenters. The average Bonchev–Trinajstić information content (AvgIpc) is 3.89. The van der Waals surface area contributed by atoms with E-state index < -0.39 is 0 Å². The van der Waals surface area contributed by atoms with Crippen molar-refractivity contribution in [2.24, 2.45) is 0 Å². The van der Waals surface area contributed by atoms with Gasteiger partial charge >= 0.3 is 0 Å². The molecule has 12 rings (SSSR count). The van der Waals surface area contributed by atoms with Crippen molar-refractivity contribution in [1.82, 2.24) is 19.5 Å². The maximum Gasteiger partial charge on any atom is 0.160 e. The Morgan fingerprint density at radius 1 is 0.383 bits per heavy atom. The topological polar surface area (TPSA) is 43.6 Å². The molecule has 0 radical (unpaired) electrons. The maximum atomic E-state index is 5.49. The number of thiophene rings is 1. The highest BCUT2D eigenvalue weighted by molar-refractivity contribution is 7.26. The monoisotopic (exact) mass is 782 g/mol. The van der Waals surface area contributed by atoms with E-state index in [2.05, 4.69) is 205 Å². The summed E-state index contributed by atoms with van der Waals surface area (Å²) in [4.78, 5) is 15.9. The number of rotatable bonds is 6. The van der Waals surface area contributed by atoms with Crippen LogP contribution in [0.1, 0.15) is 0 Å². The van der Waals surface area contributed by atoms with Crippen molar-refractivity contribution in [2.45, 2.75) is 0 Å². The molecule has 8 aromatic carbocycles. The minimum absolute atomic E-state index is 0.675. The molecule has 0 N–H and O–H groups in total. The van der Waals surface area contributed by atoms with E-state index in [0.29, 0.717) is 5.82 Å². The standard InChI is InChI=1S/C55H34N4S/c1-3-14-35(15-4-1)41-21-13-22-45-51-44-20-9-12-25-50(44)60-54(51)52(58-53(41)45)38-26-28-39(29-27-38)55-56-46(36-16-5-2-6-17-36)34-47(57-55)37-30-32-40(33-31-37)59-48-23-10-7-18-42(48)43-19-8-11-24-49(43)59/h1-34H. The van der Waals surface area contributed by atoms with Gasteiger partial charge < -0.3 is 4.57 Å². The third kappa shape index (κ3) is 5.63. The van der Waals surface area contributed by atoms with Crippen LogP contribution in [0, 0.1) is 0 Å². The van der Waals surface area contributed by atoms with Gasteiger partial charge in [0.1, 0.15) is 0 Å². The summed E-state index contributed by atoms with van der Waals surface area (Å²) in [6.07, 6.45) is 0. The Kier molecular flexibility index (Phi) is 8.00. The van der Waals surface area contributed by atoms with Crippen LogP contribution in [0.5, 0.6) is 0 Å². The van der Waals surface area contributed by atoms with Crippen LogP contribution >= 0.6 is 11.3 Å². The first-order valence-electron chi connectivity index (χ1n) is 20.2. The van der Waals surface area contributed by atoms with Crippen molar-refractivity contribution < 1.29 is 0 Å². The lowest BCUT2D eigenvalue weighted by Crippen LogP contribution is -1.97. The third-order valence-electron chi connectivity index (χ3n) is 11.6. The Bertz CT molecular complexity index is 3520. The number of nitrogens with zero attached hydrogens (tertiary/aromatic N) is 4. The number of hydrogen-bond donors (Lipinski definition) is 0. The Balaban J connectivity index is 0.978. The molecule has 0 aliphatic carbocycles. The summed E-state index contributed by atoms with van der Waals surface area (Å²) >= 11 is 1.81. The van der Waals surface area contributed by atoms with Gasteiger partial charge in [0.2, 0.25) is 0 Å². The summed E-state index contributed by atoms with van der Waals surface area (Å²) in [5, 5.41) is 6.18. The normalized spacial score (nSPS) is 11.7. The molecule has 0 saturated heterocycles. The van der Waals surface area contributed by atoms with Gasteiger partial charge in [0.25, 0.3) is 0 Å². The maximum absolute atomic E-state index is 5.49. The van der Waals surface area contributed by atoms with Gasteiger partial charge in [0.05, 0.1) is 38.3 Å². The quantitative estimate of drug-likeness (QED) is 0.169. The number of pyridine rings is 1. The van der Waals surface area contributed by atoms with Crippen LogP contribution in [-0.2, 0) is 0 Å². The molecule has 0 unspecified atom stereocenters. The van der Waals surface area contributed by atoms with Crippen LogP contribution < -0.4 is 0 Å². The van der Waals surface area contributed by atoms with E-state index in [0.717, 1.165) is 61.7 Å². The molecule has 0 bridgehead atoms. The highest BCUT2D eigenvalue weighted by Crippen LogP contribution is 2.45. The van der Waals surface area contributed by atoms with Gasteiger partial charge in [-0.1, -0.05) is 170 Å². The molecular weight excluding hydrogens is 749 g/mol. The van der Waals surface area contributed by atoms with Gasteiger partial charge in [-0.15, -0.1) is 11.3 Å². The largest absolute Gasteiger partial charge is 0.309 e. The Morgan fingerprint density at radius 2 is 0.917 bits per heavy atom. The molecule has 0 saturated carbocycles. The smallest absolute Gasteiger partial charge is 0.160 e. The van der Waals surface area contributed by atoms with Crippen molar-refractivity contribution >= 4 is 64.2 Å². The molecule has 280 valence electrons. The molecule has 0 aliphatic rings. The molecule has 4 heterocycles. The van der Waals surface area contributed by atoms with Crippen LogP contribution in [0.2, 0.25) is 0 Å². The molecule has 5 heteroatoms. The molecule has 4 nitrogen and oxygen atoms in total. The van der Waals surface area contributed by atoms with Crippen LogP contribution in [0.4, 0.5) is 0 Å². The lowest BCUT2D eigenvalue weighted by molar-refractivity contribution is 1.17. The minimum Gasteiger partial charge on any atom is -0.309 e. The zero-order valence-electron chi connectivity index (χ0n) is 32.3. The van der Waals surface area contributed by atoms with Gasteiger partial charge in [0, 0.05) is 65.1 Å². The number of aromatic nitrogens is 4. The van der Waals surface area contributed by atoms with Gasteiger partial charge in [0.15, 0.2) is 5.82 Å². The fourth-order valence-corrected chi connectivity index (χ4v) is 10.0. The molecule has 0 fully saturated rings. The van der Waals surface area contributed by atoms with Crippen molar-refractivity contribution in [3.05, 3.63) is 206 Å². The summed E-state index contributed by atoms with van der Waals surface area (Å²) in [6.45, 7) is 0. The average molecular weight is 783 g/mol. The highest BCUT2D eigenvalue weighted by Gasteiger charge is 2.19. The van der Waals surface area contributed by atoms with E-state index in [4.69, 9.17) is 15.0 Å². The van der Waals surface area contributed by atoms with Gasteiger partial charge in [-0.05, 0) is 42.0 Å². The van der Waals surface area contributed by atoms with Crippen LogP contribution in [0.3, 0.4) is 0 Å². The number of hydrogen-bond acceptors (Lipinski definition) is 4. The molecule has 4 aromatic heterocycles. The Hall–Kier alpha value is -7.73. The number of benzene rings is 8. The molecule has 0 spiro atoms. The number of para-hydroxylation sites is 3. The van der Waals surface area contributed by atoms with E-state index in [1.165, 1.54) is 47.4 Å². The molecule has 60 heavy (non-hydrogen) atoms. The van der Waals surface area contributed by atoms with Crippen molar-refractivity contribution in [2.75, 3.05) is 0 Å². The summed E-state index contributed by atoms with van der Waals surface area (Å²) < 4.78 is 4.79. The predicted molar refractivity (Wildman–Crippen MR) is 252 cm³/mol. The fourth-order valence-electron chi connectivity index (χ4n) is 8.79. The molecular formula is C55H34N4S. The second-order valence-corrected chi connectivity index (χ2v) is 16.2. The Labute approximate surface area is 350 Å². The van der Waals surface area contributed by atoms with E-state index in [1.54, 1.807) is 0 Å². The van der Waals surface area contributed by atoms with Crippen LogP contribution in [0.15, 0.2) is 206 Å². The lowest BCUT2D eigenvalue weighted by atomic mass is 9.97. The zero-order chi connectivity index (χ0) is 39.6. The third-order valence-corrected chi connectivity index (χ3v) is 12.8. The van der Waals surface area contributed by atoms with Gasteiger partial charge in [-0.3, -0.25) is 0 Å². The van der Waals surface area contributed by atoms with Crippen molar-refractivity contribution in [3.63, 3.8) is 0 Å². The van der Waals surface area contributed by atoms with Crippen molar-refractivity contribution in [3.8, 4) is 62.0 Å². The highest BCUT2D eigenvalue weighted by atomic mass is 32.1. The lowest BCUT2D eigenvalue weighted by Gasteiger charge is -2.13. The van der Waals surface area contributed by atoms with E-state index >= 15 is 0 Å². The van der Waals surface area contributed by atoms with Crippen molar-refractivity contribution in [1.29, 1.82) is 0 Å². The van der Waals surface area contributed by atoms with Crippen LogP contribution in [0.25, 0.3) is 115 Å². The summed E-state index contributed by atoms with van der Waals surface area (Å²) in [6, 6.07) is 72.9. The van der Waals surface area contributed by atoms with Crippen LogP contribution in [-0.4, -0.2) is 19.5 Å². The zero-order valence-corrected chi connectivity index (χ0v) is 33.1. The minimum atomic E-state index is 0.675. The van der Waals surface area contributed by atoms with E-state index in [-0.39, 0.29) is 0 Å². The van der Waals surface area contributed by atoms with E-state index in [1.807, 2.05) is 17.4 Å². The summed E-state index contributed by atoms with van der Waals surface area (Å²) in [7, 11) is 0. The van der Waals surface area contributed by atoms with E-state index in [9.17, 15) is 0 Å². The summed E-state index contributed by atoms with van der Waals surface area (Å²) in [5.41, 5.74) is 13.6. The molecule has 12 aromatic rings. The first-order valence-corrected chi connectivity index (χ1v) is 21.0.